The lowest BCUT2D eigenvalue weighted by Crippen LogP contribution is -2.43. The quantitative estimate of drug-likeness (QED) is 0.324. The van der Waals surface area contributed by atoms with E-state index in [4.69, 9.17) is 0 Å². The number of halogens is 5. The number of benzene rings is 2. The van der Waals surface area contributed by atoms with Gasteiger partial charge in [-0.05, 0) is 18.6 Å². The first kappa shape index (κ1) is 21.2. The molecule has 3 aromatic rings. The maximum Gasteiger partial charge on any atom is 0.237 e. The minimum absolute atomic E-state index is 0.0243. The number of aliphatic hydroxyl groups excluding tert-OH is 1. The van der Waals surface area contributed by atoms with E-state index in [1.165, 1.54) is 4.90 Å². The molecule has 11 heteroatoms. The number of β-amino-alcohol motifs (C(OH)–C–C–N with tert-alkyl or cyclic N) is 1. The van der Waals surface area contributed by atoms with Gasteiger partial charge in [0, 0.05) is 18.7 Å². The summed E-state index contributed by atoms with van der Waals surface area (Å²) >= 11 is 0. The summed E-state index contributed by atoms with van der Waals surface area (Å²) in [5.41, 5.74) is 0.424. The first-order valence-corrected chi connectivity index (χ1v) is 9.40. The van der Waals surface area contributed by atoms with Crippen molar-refractivity contribution < 1.29 is 31.9 Å². The molecule has 0 spiro atoms. The molecule has 0 bridgehead atoms. The SMILES string of the molecule is O=C(NCc1nc2ccccc2[nH]1)C1CC(O)CN1Cc1c(F)c(F)c(F)c(F)c1F. The molecule has 0 radical (unpaired) electrons. The summed E-state index contributed by atoms with van der Waals surface area (Å²) in [7, 11) is 0. The van der Waals surface area contributed by atoms with Gasteiger partial charge >= 0.3 is 0 Å². The number of aromatic nitrogens is 2. The van der Waals surface area contributed by atoms with E-state index in [0.717, 1.165) is 5.52 Å². The summed E-state index contributed by atoms with van der Waals surface area (Å²) in [6.07, 6.45) is -1.05. The molecule has 6 nitrogen and oxygen atoms in total. The monoisotopic (exact) mass is 440 g/mol. The van der Waals surface area contributed by atoms with Gasteiger partial charge in [-0.15, -0.1) is 0 Å². The van der Waals surface area contributed by atoms with Crippen LogP contribution in [-0.4, -0.2) is 44.6 Å². The van der Waals surface area contributed by atoms with Gasteiger partial charge in [0.25, 0.3) is 0 Å². The Labute approximate surface area is 172 Å². The van der Waals surface area contributed by atoms with E-state index in [2.05, 4.69) is 15.3 Å². The van der Waals surface area contributed by atoms with Crippen molar-refractivity contribution >= 4 is 16.9 Å². The molecule has 1 aromatic heterocycles. The smallest absolute Gasteiger partial charge is 0.237 e. The van der Waals surface area contributed by atoms with Crippen LogP contribution in [0, 0.1) is 29.1 Å². The largest absolute Gasteiger partial charge is 0.392 e. The molecule has 2 unspecified atom stereocenters. The number of nitrogens with zero attached hydrogens (tertiary/aromatic N) is 2. The molecule has 3 N–H and O–H groups in total. The molecule has 1 saturated heterocycles. The second-order valence-corrected chi connectivity index (χ2v) is 7.30. The highest BCUT2D eigenvalue weighted by atomic mass is 19.2. The maximum absolute atomic E-state index is 14.0. The fourth-order valence-corrected chi connectivity index (χ4v) is 3.70. The van der Waals surface area contributed by atoms with E-state index in [1.807, 2.05) is 18.2 Å². The van der Waals surface area contributed by atoms with E-state index in [1.54, 1.807) is 6.07 Å². The van der Waals surface area contributed by atoms with Gasteiger partial charge in [-0.3, -0.25) is 9.69 Å². The zero-order chi connectivity index (χ0) is 22.3. The van der Waals surface area contributed by atoms with Crippen LogP contribution in [0.2, 0.25) is 0 Å². The molecule has 1 aliphatic heterocycles. The molecule has 2 aromatic carbocycles. The number of H-pyrrole nitrogens is 1. The molecule has 2 heterocycles. The maximum atomic E-state index is 14.0. The molecule has 31 heavy (non-hydrogen) atoms. The van der Waals surface area contributed by atoms with E-state index in [0.29, 0.717) is 11.3 Å². The van der Waals surface area contributed by atoms with Gasteiger partial charge in [-0.2, -0.15) is 0 Å². The zero-order valence-corrected chi connectivity index (χ0v) is 15.9. The number of fused-ring (bicyclic) bond motifs is 1. The van der Waals surface area contributed by atoms with Crippen molar-refractivity contribution in [3.63, 3.8) is 0 Å². The fourth-order valence-electron chi connectivity index (χ4n) is 3.70. The summed E-state index contributed by atoms with van der Waals surface area (Å²) in [5.74, 6) is -10.4. The van der Waals surface area contributed by atoms with E-state index in [9.17, 15) is 31.9 Å². The highest BCUT2D eigenvalue weighted by molar-refractivity contribution is 5.82. The summed E-state index contributed by atoms with van der Waals surface area (Å²) in [4.78, 5) is 21.2. The Morgan fingerprint density at radius 3 is 2.42 bits per heavy atom. The van der Waals surface area contributed by atoms with Crippen LogP contribution in [0.15, 0.2) is 24.3 Å². The number of aliphatic hydroxyl groups is 1. The number of para-hydroxylation sites is 2. The first-order valence-electron chi connectivity index (χ1n) is 9.40. The van der Waals surface area contributed by atoms with Gasteiger partial charge in [-0.1, -0.05) is 12.1 Å². The lowest BCUT2D eigenvalue weighted by atomic mass is 10.1. The van der Waals surface area contributed by atoms with Crippen molar-refractivity contribution in [2.75, 3.05) is 6.54 Å². The summed E-state index contributed by atoms with van der Waals surface area (Å²) in [6, 6.07) is 6.21. The molecular formula is C20H17F5N4O2. The number of carbonyl (C=O) groups excluding carboxylic acids is 1. The Morgan fingerprint density at radius 1 is 1.10 bits per heavy atom. The van der Waals surface area contributed by atoms with Gasteiger partial charge in [0.05, 0.1) is 29.7 Å². The third-order valence-electron chi connectivity index (χ3n) is 5.21. The second-order valence-electron chi connectivity index (χ2n) is 7.30. The number of rotatable bonds is 5. The number of imidazole rings is 1. The molecule has 1 aliphatic rings. The third kappa shape index (κ3) is 3.98. The van der Waals surface area contributed by atoms with Crippen molar-refractivity contribution in [2.45, 2.75) is 31.7 Å². The van der Waals surface area contributed by atoms with E-state index < -0.39 is 59.2 Å². The van der Waals surface area contributed by atoms with Crippen LogP contribution in [-0.2, 0) is 17.9 Å². The van der Waals surface area contributed by atoms with Crippen LogP contribution >= 0.6 is 0 Å². The molecule has 164 valence electrons. The minimum Gasteiger partial charge on any atom is -0.392 e. The predicted octanol–water partition coefficient (Wildman–Crippen LogP) is 2.51. The Morgan fingerprint density at radius 2 is 1.74 bits per heavy atom. The molecule has 4 rings (SSSR count). The standard InChI is InChI=1S/C20H17F5N4O2/c21-15-10(16(22)18(24)19(25)17(15)23)8-29-7-9(30)5-13(29)20(31)26-6-14-27-11-3-1-2-4-12(11)28-14/h1-4,9,13,30H,5-8H2,(H,26,31)(H,27,28). The number of hydrogen-bond acceptors (Lipinski definition) is 4. The van der Waals surface area contributed by atoms with Gasteiger partial charge in [0.1, 0.15) is 5.82 Å². The Kier molecular flexibility index (Phi) is 5.63. The second kappa shape index (κ2) is 8.23. The number of aromatic amines is 1. The third-order valence-corrected chi connectivity index (χ3v) is 5.21. The Bertz CT molecular complexity index is 1090. The van der Waals surface area contributed by atoms with Gasteiger partial charge in [0.15, 0.2) is 23.3 Å². The average Bonchev–Trinajstić information content (AvgIpc) is 3.34. The predicted molar refractivity (Wildman–Crippen MR) is 99.0 cm³/mol. The summed E-state index contributed by atoms with van der Waals surface area (Å²) in [6.45, 7) is -0.871. The summed E-state index contributed by atoms with van der Waals surface area (Å²) in [5, 5.41) is 12.6. The summed E-state index contributed by atoms with van der Waals surface area (Å²) < 4.78 is 68.3. The van der Waals surface area contributed by atoms with Gasteiger partial charge in [0.2, 0.25) is 11.7 Å². The Hall–Kier alpha value is -3.05. The molecule has 0 aliphatic carbocycles. The number of amides is 1. The van der Waals surface area contributed by atoms with Crippen molar-refractivity contribution in [3.8, 4) is 0 Å². The van der Waals surface area contributed by atoms with Crippen LogP contribution in [0.5, 0.6) is 0 Å². The lowest BCUT2D eigenvalue weighted by Gasteiger charge is -2.24. The van der Waals surface area contributed by atoms with Crippen molar-refractivity contribution in [1.82, 2.24) is 20.2 Å². The topological polar surface area (TPSA) is 81.2 Å². The lowest BCUT2D eigenvalue weighted by molar-refractivity contribution is -0.125. The zero-order valence-electron chi connectivity index (χ0n) is 15.9. The van der Waals surface area contributed by atoms with Crippen molar-refractivity contribution in [3.05, 3.63) is 64.7 Å². The number of likely N-dealkylation sites (tertiary alicyclic amines) is 1. The normalized spacial score (nSPS) is 19.3. The van der Waals surface area contributed by atoms with Crippen LogP contribution in [0.25, 0.3) is 11.0 Å². The molecule has 1 amide bonds. The number of hydrogen-bond donors (Lipinski definition) is 3. The van der Waals surface area contributed by atoms with Gasteiger partial charge in [-0.25, -0.2) is 26.9 Å². The Balaban J connectivity index is 1.49. The fraction of sp³-hybridized carbons (Fsp3) is 0.300. The van der Waals surface area contributed by atoms with Gasteiger partial charge < -0.3 is 15.4 Å². The molecule has 1 fully saturated rings. The highest BCUT2D eigenvalue weighted by Gasteiger charge is 2.38. The first-order chi connectivity index (χ1) is 14.8. The van der Waals surface area contributed by atoms with Crippen LogP contribution < -0.4 is 5.32 Å². The van der Waals surface area contributed by atoms with Crippen molar-refractivity contribution in [1.29, 1.82) is 0 Å². The molecule has 2 atom stereocenters. The van der Waals surface area contributed by atoms with Crippen LogP contribution in [0.3, 0.4) is 0 Å². The van der Waals surface area contributed by atoms with Crippen LogP contribution in [0.1, 0.15) is 17.8 Å². The van der Waals surface area contributed by atoms with Crippen LogP contribution in [0.4, 0.5) is 22.0 Å². The van der Waals surface area contributed by atoms with Crippen molar-refractivity contribution in [2.24, 2.45) is 0 Å². The highest BCUT2D eigenvalue weighted by Crippen LogP contribution is 2.27. The molecule has 0 saturated carbocycles. The van der Waals surface area contributed by atoms with E-state index in [-0.39, 0.29) is 19.5 Å². The molecular weight excluding hydrogens is 423 g/mol. The minimum atomic E-state index is -2.25. The number of nitrogens with one attached hydrogen (secondary N) is 2. The average molecular weight is 440 g/mol. The van der Waals surface area contributed by atoms with E-state index >= 15 is 0 Å². The number of carbonyl (C=O) groups is 1.